The molecule has 2 aromatic rings. The quantitative estimate of drug-likeness (QED) is 0.660. The van der Waals surface area contributed by atoms with Crippen molar-refractivity contribution in [3.05, 3.63) is 36.4 Å². The van der Waals surface area contributed by atoms with Gasteiger partial charge >= 0.3 is 0 Å². The van der Waals surface area contributed by atoms with Crippen LogP contribution in [0.3, 0.4) is 0 Å². The summed E-state index contributed by atoms with van der Waals surface area (Å²) in [5.74, 6) is 0. The third kappa shape index (κ3) is 1.26. The molecule has 0 saturated heterocycles. The molecule has 0 amide bonds. The van der Waals surface area contributed by atoms with Crippen molar-refractivity contribution in [1.82, 2.24) is 14.8 Å². The van der Waals surface area contributed by atoms with E-state index in [0.29, 0.717) is 0 Å². The van der Waals surface area contributed by atoms with Crippen molar-refractivity contribution in [3.63, 3.8) is 0 Å². The van der Waals surface area contributed by atoms with Crippen molar-refractivity contribution in [3.8, 4) is 5.69 Å². The fourth-order valence-electron chi connectivity index (χ4n) is 1.20. The Hall–Kier alpha value is -1.84. The van der Waals surface area contributed by atoms with Crippen molar-refractivity contribution in [2.45, 2.75) is 6.92 Å². The van der Waals surface area contributed by atoms with E-state index in [9.17, 15) is 0 Å². The van der Waals surface area contributed by atoms with Gasteiger partial charge in [0, 0.05) is 0 Å². The molecule has 66 valence electrons. The van der Waals surface area contributed by atoms with Crippen LogP contribution in [0.5, 0.6) is 0 Å². The number of rotatable bonds is 1. The van der Waals surface area contributed by atoms with Crippen LogP contribution in [0, 0.1) is 6.92 Å². The Balaban J connectivity index is 2.59. The van der Waals surface area contributed by atoms with E-state index in [2.05, 4.69) is 10.1 Å². The van der Waals surface area contributed by atoms with E-state index in [0.717, 1.165) is 16.9 Å². The SMILES string of the molecule is Cc1cccc(-n2cncn2)c1N. The highest BCUT2D eigenvalue weighted by Gasteiger charge is 2.02. The first-order valence-electron chi connectivity index (χ1n) is 3.99. The van der Waals surface area contributed by atoms with E-state index in [1.165, 1.54) is 6.33 Å². The number of benzene rings is 1. The van der Waals surface area contributed by atoms with Crippen molar-refractivity contribution < 1.29 is 0 Å². The Morgan fingerprint density at radius 1 is 1.38 bits per heavy atom. The van der Waals surface area contributed by atoms with Crippen LogP contribution in [0.25, 0.3) is 5.69 Å². The first kappa shape index (κ1) is 7.79. The minimum Gasteiger partial charge on any atom is -0.397 e. The lowest BCUT2D eigenvalue weighted by atomic mass is 10.2. The minimum absolute atomic E-state index is 0.744. The highest BCUT2D eigenvalue weighted by Crippen LogP contribution is 2.19. The fourth-order valence-corrected chi connectivity index (χ4v) is 1.20. The number of nitrogens with zero attached hydrogens (tertiary/aromatic N) is 3. The maximum Gasteiger partial charge on any atom is 0.138 e. The number of nitrogens with two attached hydrogens (primary N) is 1. The van der Waals surface area contributed by atoms with E-state index < -0.39 is 0 Å². The van der Waals surface area contributed by atoms with Gasteiger partial charge in [0.1, 0.15) is 12.7 Å². The van der Waals surface area contributed by atoms with Gasteiger partial charge < -0.3 is 5.73 Å². The van der Waals surface area contributed by atoms with Gasteiger partial charge in [0.15, 0.2) is 0 Å². The van der Waals surface area contributed by atoms with Crippen LogP contribution in [0.2, 0.25) is 0 Å². The molecule has 0 unspecified atom stereocenters. The van der Waals surface area contributed by atoms with Gasteiger partial charge in [-0.05, 0) is 18.6 Å². The first-order valence-corrected chi connectivity index (χ1v) is 3.99. The summed E-state index contributed by atoms with van der Waals surface area (Å²) in [6, 6.07) is 5.83. The standard InChI is InChI=1S/C9H10N4/c1-7-3-2-4-8(9(7)10)13-6-11-5-12-13/h2-6H,10H2,1H3. The van der Waals surface area contributed by atoms with Gasteiger partial charge in [0.2, 0.25) is 0 Å². The third-order valence-electron chi connectivity index (χ3n) is 1.97. The van der Waals surface area contributed by atoms with Crippen molar-refractivity contribution in [1.29, 1.82) is 0 Å². The van der Waals surface area contributed by atoms with Crippen molar-refractivity contribution in [2.24, 2.45) is 0 Å². The summed E-state index contributed by atoms with van der Waals surface area (Å²) in [6.45, 7) is 1.97. The third-order valence-corrected chi connectivity index (χ3v) is 1.97. The van der Waals surface area contributed by atoms with Gasteiger partial charge in [0.05, 0.1) is 11.4 Å². The molecule has 13 heavy (non-hydrogen) atoms. The van der Waals surface area contributed by atoms with Gasteiger partial charge in [0.25, 0.3) is 0 Å². The molecule has 0 spiro atoms. The maximum atomic E-state index is 5.89. The molecule has 0 aliphatic rings. The predicted octanol–water partition coefficient (Wildman–Crippen LogP) is 1.16. The summed E-state index contributed by atoms with van der Waals surface area (Å²) in [5.41, 5.74) is 8.55. The van der Waals surface area contributed by atoms with Gasteiger partial charge in [-0.25, -0.2) is 9.67 Å². The second kappa shape index (κ2) is 2.90. The number of aryl methyl sites for hydroxylation is 1. The Morgan fingerprint density at radius 3 is 2.92 bits per heavy atom. The lowest BCUT2D eigenvalue weighted by molar-refractivity contribution is 0.880. The smallest absolute Gasteiger partial charge is 0.138 e. The van der Waals surface area contributed by atoms with Crippen LogP contribution in [0.4, 0.5) is 5.69 Å². The van der Waals surface area contributed by atoms with Crippen LogP contribution in [-0.2, 0) is 0 Å². The Morgan fingerprint density at radius 2 is 2.23 bits per heavy atom. The number of nitrogen functional groups attached to an aromatic ring is 1. The van der Waals surface area contributed by atoms with Gasteiger partial charge in [-0.1, -0.05) is 12.1 Å². The number of anilines is 1. The summed E-state index contributed by atoms with van der Waals surface area (Å²) >= 11 is 0. The van der Waals surface area contributed by atoms with Crippen LogP contribution in [0.1, 0.15) is 5.56 Å². The lowest BCUT2D eigenvalue weighted by Gasteiger charge is -2.06. The number of hydrogen-bond acceptors (Lipinski definition) is 3. The van der Waals surface area contributed by atoms with Gasteiger partial charge in [-0.15, -0.1) is 0 Å². The fraction of sp³-hybridized carbons (Fsp3) is 0.111. The van der Waals surface area contributed by atoms with Crippen LogP contribution < -0.4 is 5.73 Å². The normalized spacial score (nSPS) is 10.2. The summed E-state index contributed by atoms with van der Waals surface area (Å²) in [6.07, 6.45) is 3.12. The monoisotopic (exact) mass is 174 g/mol. The van der Waals surface area contributed by atoms with Gasteiger partial charge in [-0.3, -0.25) is 0 Å². The van der Waals surface area contributed by atoms with Crippen molar-refractivity contribution in [2.75, 3.05) is 5.73 Å². The summed E-state index contributed by atoms with van der Waals surface area (Å²) in [5, 5.41) is 4.01. The van der Waals surface area contributed by atoms with E-state index >= 15 is 0 Å². The molecule has 1 heterocycles. The number of para-hydroxylation sites is 1. The van der Waals surface area contributed by atoms with E-state index in [1.807, 2.05) is 25.1 Å². The molecule has 0 radical (unpaired) electrons. The Kier molecular flexibility index (Phi) is 1.73. The topological polar surface area (TPSA) is 56.7 Å². The zero-order valence-corrected chi connectivity index (χ0v) is 7.31. The lowest BCUT2D eigenvalue weighted by Crippen LogP contribution is -2.01. The average molecular weight is 174 g/mol. The van der Waals surface area contributed by atoms with E-state index in [4.69, 9.17) is 5.73 Å². The number of hydrogen-bond donors (Lipinski definition) is 1. The molecule has 2 rings (SSSR count). The zero-order valence-electron chi connectivity index (χ0n) is 7.31. The largest absolute Gasteiger partial charge is 0.397 e. The maximum absolute atomic E-state index is 5.89. The summed E-state index contributed by atoms with van der Waals surface area (Å²) in [7, 11) is 0. The molecular weight excluding hydrogens is 164 g/mol. The Bertz CT molecular complexity index is 406. The predicted molar refractivity (Wildman–Crippen MR) is 50.5 cm³/mol. The van der Waals surface area contributed by atoms with E-state index in [-0.39, 0.29) is 0 Å². The molecule has 0 aliphatic heterocycles. The van der Waals surface area contributed by atoms with Crippen molar-refractivity contribution >= 4 is 5.69 Å². The minimum atomic E-state index is 0.744. The van der Waals surface area contributed by atoms with Gasteiger partial charge in [-0.2, -0.15) is 5.10 Å². The second-order valence-corrected chi connectivity index (χ2v) is 2.85. The van der Waals surface area contributed by atoms with Crippen LogP contribution in [-0.4, -0.2) is 14.8 Å². The molecule has 0 saturated carbocycles. The first-order chi connectivity index (χ1) is 6.29. The molecule has 4 heteroatoms. The second-order valence-electron chi connectivity index (χ2n) is 2.85. The molecule has 1 aromatic carbocycles. The molecule has 2 N–H and O–H groups in total. The molecule has 1 aromatic heterocycles. The molecular formula is C9H10N4. The average Bonchev–Trinajstić information content (AvgIpc) is 2.62. The number of aromatic nitrogens is 3. The highest BCUT2D eigenvalue weighted by atomic mass is 15.3. The molecule has 0 atom stereocenters. The highest BCUT2D eigenvalue weighted by molar-refractivity contribution is 5.61. The van der Waals surface area contributed by atoms with E-state index in [1.54, 1.807) is 11.0 Å². The molecule has 0 bridgehead atoms. The zero-order chi connectivity index (χ0) is 9.26. The summed E-state index contributed by atoms with van der Waals surface area (Å²) < 4.78 is 1.66. The molecule has 0 fully saturated rings. The summed E-state index contributed by atoms with van der Waals surface area (Å²) in [4.78, 5) is 3.87. The molecule has 0 aliphatic carbocycles. The molecule has 4 nitrogen and oxygen atoms in total. The Labute approximate surface area is 76.0 Å². The van der Waals surface area contributed by atoms with Crippen LogP contribution in [0.15, 0.2) is 30.9 Å². The van der Waals surface area contributed by atoms with Crippen LogP contribution >= 0.6 is 0 Å².